The van der Waals surface area contributed by atoms with Crippen molar-refractivity contribution in [1.82, 2.24) is 20.0 Å². The molecule has 1 amide bonds. The SMILES string of the molecule is C=CCn1cc(C(=O)Nc2cncc(C(C)C)c2)nn1. The molecule has 0 bridgehead atoms. The largest absolute Gasteiger partial charge is 0.319 e. The molecule has 2 heterocycles. The van der Waals surface area contributed by atoms with E-state index in [4.69, 9.17) is 0 Å². The predicted molar refractivity (Wildman–Crippen MR) is 76.5 cm³/mol. The molecule has 0 spiro atoms. The molecule has 0 aliphatic carbocycles. The summed E-state index contributed by atoms with van der Waals surface area (Å²) in [5.41, 5.74) is 1.99. The average Bonchev–Trinajstić information content (AvgIpc) is 2.88. The van der Waals surface area contributed by atoms with Crippen LogP contribution < -0.4 is 5.32 Å². The van der Waals surface area contributed by atoms with Crippen LogP contribution in [-0.4, -0.2) is 25.9 Å². The number of hydrogen-bond donors (Lipinski definition) is 1. The number of allylic oxidation sites excluding steroid dienone is 1. The maximum atomic E-state index is 12.0. The van der Waals surface area contributed by atoms with Gasteiger partial charge in [-0.15, -0.1) is 11.7 Å². The van der Waals surface area contributed by atoms with E-state index < -0.39 is 0 Å². The zero-order valence-electron chi connectivity index (χ0n) is 11.6. The second-order valence-corrected chi connectivity index (χ2v) is 4.73. The molecule has 0 fully saturated rings. The molecule has 2 aromatic rings. The highest BCUT2D eigenvalue weighted by Crippen LogP contribution is 2.17. The molecule has 0 radical (unpaired) electrons. The topological polar surface area (TPSA) is 72.7 Å². The number of nitrogens with zero attached hydrogens (tertiary/aromatic N) is 4. The normalized spacial score (nSPS) is 10.6. The van der Waals surface area contributed by atoms with E-state index in [1.54, 1.807) is 29.3 Å². The van der Waals surface area contributed by atoms with E-state index in [9.17, 15) is 4.79 Å². The lowest BCUT2D eigenvalue weighted by Crippen LogP contribution is -2.13. The monoisotopic (exact) mass is 271 g/mol. The lowest BCUT2D eigenvalue weighted by atomic mass is 10.1. The number of amides is 1. The van der Waals surface area contributed by atoms with Crippen LogP contribution >= 0.6 is 0 Å². The van der Waals surface area contributed by atoms with Gasteiger partial charge in [-0.05, 0) is 17.5 Å². The van der Waals surface area contributed by atoms with Crippen LogP contribution in [0.3, 0.4) is 0 Å². The summed E-state index contributed by atoms with van der Waals surface area (Å²) in [7, 11) is 0. The number of pyridine rings is 1. The molecule has 6 nitrogen and oxygen atoms in total. The highest BCUT2D eigenvalue weighted by molar-refractivity contribution is 6.02. The number of nitrogens with one attached hydrogen (secondary N) is 1. The van der Waals surface area contributed by atoms with Gasteiger partial charge in [0.25, 0.3) is 5.91 Å². The molecule has 0 saturated heterocycles. The maximum absolute atomic E-state index is 12.0. The molecule has 6 heteroatoms. The minimum absolute atomic E-state index is 0.266. The van der Waals surface area contributed by atoms with Gasteiger partial charge in [0.15, 0.2) is 5.69 Å². The first kappa shape index (κ1) is 13.9. The van der Waals surface area contributed by atoms with Crippen molar-refractivity contribution >= 4 is 11.6 Å². The molecule has 0 atom stereocenters. The van der Waals surface area contributed by atoms with Crippen molar-refractivity contribution in [2.24, 2.45) is 0 Å². The lowest BCUT2D eigenvalue weighted by molar-refractivity contribution is 0.102. The summed E-state index contributed by atoms with van der Waals surface area (Å²) >= 11 is 0. The van der Waals surface area contributed by atoms with E-state index in [2.05, 4.69) is 41.0 Å². The molecule has 0 aromatic carbocycles. The summed E-state index contributed by atoms with van der Waals surface area (Å²) in [6.07, 6.45) is 6.67. The summed E-state index contributed by atoms with van der Waals surface area (Å²) in [4.78, 5) is 16.2. The smallest absolute Gasteiger partial charge is 0.277 e. The van der Waals surface area contributed by atoms with Crippen LogP contribution in [0.4, 0.5) is 5.69 Å². The fourth-order valence-electron chi connectivity index (χ4n) is 1.66. The lowest BCUT2D eigenvalue weighted by Gasteiger charge is -2.07. The van der Waals surface area contributed by atoms with E-state index in [0.29, 0.717) is 18.2 Å². The third kappa shape index (κ3) is 3.28. The van der Waals surface area contributed by atoms with Gasteiger partial charge >= 0.3 is 0 Å². The molecule has 0 aliphatic heterocycles. The number of rotatable bonds is 5. The third-order valence-corrected chi connectivity index (χ3v) is 2.77. The van der Waals surface area contributed by atoms with Gasteiger partial charge in [0.2, 0.25) is 0 Å². The van der Waals surface area contributed by atoms with Crippen molar-refractivity contribution in [3.63, 3.8) is 0 Å². The fraction of sp³-hybridized carbons (Fsp3) is 0.286. The molecule has 1 N–H and O–H groups in total. The quantitative estimate of drug-likeness (QED) is 0.846. The number of aromatic nitrogens is 4. The summed E-state index contributed by atoms with van der Waals surface area (Å²) < 4.78 is 1.55. The van der Waals surface area contributed by atoms with Crippen LogP contribution in [0, 0.1) is 0 Å². The minimum atomic E-state index is -0.303. The Bertz CT molecular complexity index is 618. The number of carbonyl (C=O) groups is 1. The van der Waals surface area contributed by atoms with Crippen LogP contribution in [0.2, 0.25) is 0 Å². The molecule has 2 rings (SSSR count). The number of hydrogen-bond acceptors (Lipinski definition) is 4. The average molecular weight is 271 g/mol. The van der Waals surface area contributed by atoms with Crippen LogP contribution in [0.5, 0.6) is 0 Å². The Labute approximate surface area is 117 Å². The van der Waals surface area contributed by atoms with Crippen molar-refractivity contribution in [2.75, 3.05) is 5.32 Å². The predicted octanol–water partition coefficient (Wildman–Crippen LogP) is 2.23. The maximum Gasteiger partial charge on any atom is 0.277 e. The molecular weight excluding hydrogens is 254 g/mol. The van der Waals surface area contributed by atoms with Crippen molar-refractivity contribution < 1.29 is 4.79 Å². The minimum Gasteiger partial charge on any atom is -0.319 e. The zero-order chi connectivity index (χ0) is 14.5. The Balaban J connectivity index is 2.10. The van der Waals surface area contributed by atoms with Gasteiger partial charge in [0.05, 0.1) is 24.6 Å². The van der Waals surface area contributed by atoms with Crippen LogP contribution in [0.15, 0.2) is 37.3 Å². The Morgan fingerprint density at radius 1 is 1.50 bits per heavy atom. The Kier molecular flexibility index (Phi) is 4.24. The standard InChI is InChI=1S/C14H17N5O/c1-4-5-19-9-13(17-18-19)14(20)16-12-6-11(10(2)3)7-15-8-12/h4,6-10H,1,5H2,2-3H3,(H,16,20). The molecule has 0 unspecified atom stereocenters. The van der Waals surface area contributed by atoms with E-state index in [-0.39, 0.29) is 11.6 Å². The van der Waals surface area contributed by atoms with Gasteiger partial charge in [-0.25, -0.2) is 4.68 Å². The van der Waals surface area contributed by atoms with Crippen LogP contribution in [0.25, 0.3) is 0 Å². The summed E-state index contributed by atoms with van der Waals surface area (Å²) in [5.74, 6) is 0.0517. The Morgan fingerprint density at radius 2 is 2.30 bits per heavy atom. The van der Waals surface area contributed by atoms with E-state index >= 15 is 0 Å². The van der Waals surface area contributed by atoms with Crippen molar-refractivity contribution in [3.05, 3.63) is 48.6 Å². The first-order valence-electron chi connectivity index (χ1n) is 6.37. The molecule has 2 aromatic heterocycles. The summed E-state index contributed by atoms with van der Waals surface area (Å²) in [5, 5.41) is 10.4. The van der Waals surface area contributed by atoms with Gasteiger partial charge in [0, 0.05) is 6.20 Å². The highest BCUT2D eigenvalue weighted by Gasteiger charge is 2.11. The van der Waals surface area contributed by atoms with E-state index in [0.717, 1.165) is 5.56 Å². The Hall–Kier alpha value is -2.50. The van der Waals surface area contributed by atoms with Crippen molar-refractivity contribution in [1.29, 1.82) is 0 Å². The van der Waals surface area contributed by atoms with Crippen LogP contribution in [-0.2, 0) is 6.54 Å². The van der Waals surface area contributed by atoms with Gasteiger partial charge in [-0.2, -0.15) is 0 Å². The van der Waals surface area contributed by atoms with Gasteiger partial charge < -0.3 is 5.32 Å². The first-order chi connectivity index (χ1) is 9.60. The molecule has 20 heavy (non-hydrogen) atoms. The number of carbonyl (C=O) groups excluding carboxylic acids is 1. The van der Waals surface area contributed by atoms with Crippen LogP contribution in [0.1, 0.15) is 35.8 Å². The van der Waals surface area contributed by atoms with Crippen molar-refractivity contribution in [2.45, 2.75) is 26.3 Å². The first-order valence-corrected chi connectivity index (χ1v) is 6.37. The fourth-order valence-corrected chi connectivity index (χ4v) is 1.66. The second kappa shape index (κ2) is 6.10. The third-order valence-electron chi connectivity index (χ3n) is 2.77. The number of anilines is 1. The molecular formula is C14H17N5O. The van der Waals surface area contributed by atoms with E-state index in [1.165, 1.54) is 0 Å². The zero-order valence-corrected chi connectivity index (χ0v) is 11.6. The van der Waals surface area contributed by atoms with Gasteiger partial charge in [-0.1, -0.05) is 25.1 Å². The second-order valence-electron chi connectivity index (χ2n) is 4.73. The highest BCUT2D eigenvalue weighted by atomic mass is 16.2. The molecule has 104 valence electrons. The van der Waals surface area contributed by atoms with Gasteiger partial charge in [-0.3, -0.25) is 9.78 Å². The Morgan fingerprint density at radius 3 is 3.00 bits per heavy atom. The molecule has 0 saturated carbocycles. The van der Waals surface area contributed by atoms with Gasteiger partial charge in [0.1, 0.15) is 0 Å². The van der Waals surface area contributed by atoms with E-state index in [1.807, 2.05) is 6.07 Å². The molecule has 0 aliphatic rings. The summed E-state index contributed by atoms with van der Waals surface area (Å²) in [6.45, 7) is 8.27. The summed E-state index contributed by atoms with van der Waals surface area (Å²) in [6, 6.07) is 1.91. The van der Waals surface area contributed by atoms with Crippen molar-refractivity contribution in [3.8, 4) is 0 Å².